The highest BCUT2D eigenvalue weighted by Gasteiger charge is 2.38. The number of Topliss-reactive ketones (excluding diaryl/α,β-unsaturated/α-hetero) is 1. The van der Waals surface area contributed by atoms with Crippen LogP contribution in [-0.4, -0.2) is 18.1 Å². The van der Waals surface area contributed by atoms with Crippen molar-refractivity contribution in [3.63, 3.8) is 0 Å². The summed E-state index contributed by atoms with van der Waals surface area (Å²) in [6, 6.07) is 3.84. The topological polar surface area (TPSA) is 52.3 Å². The third-order valence-electron chi connectivity index (χ3n) is 2.18. The van der Waals surface area contributed by atoms with E-state index < -0.39 is 12.3 Å². The number of benzene rings is 1. The van der Waals surface area contributed by atoms with Gasteiger partial charge in [-0.25, -0.2) is 0 Å². The van der Waals surface area contributed by atoms with Crippen LogP contribution in [0.3, 0.4) is 0 Å². The molecular weight excluding hydrogens is 235 g/mol. The molecule has 1 rings (SSSR count). The van der Waals surface area contributed by atoms with Gasteiger partial charge in [0.15, 0.2) is 11.9 Å². The molecule has 94 valence electrons. The second kappa shape index (κ2) is 4.65. The zero-order chi connectivity index (χ0) is 13.2. The molecule has 0 saturated heterocycles. The van der Waals surface area contributed by atoms with Crippen molar-refractivity contribution in [3.05, 3.63) is 23.8 Å². The molecule has 0 saturated carbocycles. The molecule has 0 bridgehead atoms. The van der Waals surface area contributed by atoms with Crippen molar-refractivity contribution < 1.29 is 22.7 Å². The van der Waals surface area contributed by atoms with E-state index >= 15 is 0 Å². The van der Waals surface area contributed by atoms with Gasteiger partial charge < -0.3 is 10.5 Å². The Hall–Kier alpha value is -1.72. The summed E-state index contributed by atoms with van der Waals surface area (Å²) in [6.07, 6.45) is -6.36. The maximum atomic E-state index is 12.2. The number of carbonyl (C=O) groups excluding carboxylic acids is 1. The van der Waals surface area contributed by atoms with E-state index in [0.717, 1.165) is 6.92 Å². The summed E-state index contributed by atoms with van der Waals surface area (Å²) in [5.41, 5.74) is 5.89. The predicted octanol–water partition coefficient (Wildman–Crippen LogP) is 2.80. The second-order valence-corrected chi connectivity index (χ2v) is 3.61. The van der Waals surface area contributed by atoms with Gasteiger partial charge in [-0.3, -0.25) is 4.79 Å². The van der Waals surface area contributed by atoms with Gasteiger partial charge in [-0.2, -0.15) is 13.2 Å². The van der Waals surface area contributed by atoms with Gasteiger partial charge in [0.1, 0.15) is 5.75 Å². The van der Waals surface area contributed by atoms with Gasteiger partial charge in [-0.15, -0.1) is 0 Å². The monoisotopic (exact) mass is 247 g/mol. The number of carbonyl (C=O) groups is 1. The predicted molar refractivity (Wildman–Crippen MR) is 57.0 cm³/mol. The summed E-state index contributed by atoms with van der Waals surface area (Å²) in [4.78, 5) is 11.1. The van der Waals surface area contributed by atoms with Crippen LogP contribution in [0.5, 0.6) is 5.75 Å². The third kappa shape index (κ3) is 3.37. The molecule has 0 fully saturated rings. The quantitative estimate of drug-likeness (QED) is 0.660. The largest absolute Gasteiger partial charge is 0.481 e. The van der Waals surface area contributed by atoms with Gasteiger partial charge in [-0.05, 0) is 26.0 Å². The summed E-state index contributed by atoms with van der Waals surface area (Å²) in [5.74, 6) is -0.268. The molecule has 0 aliphatic rings. The lowest BCUT2D eigenvalue weighted by atomic mass is 10.1. The van der Waals surface area contributed by atoms with E-state index in [4.69, 9.17) is 5.73 Å². The average Bonchev–Trinajstić information content (AvgIpc) is 2.15. The second-order valence-electron chi connectivity index (χ2n) is 3.61. The number of rotatable bonds is 3. The molecule has 0 aliphatic heterocycles. The summed E-state index contributed by atoms with van der Waals surface area (Å²) in [6.45, 7) is 2.22. The minimum Gasteiger partial charge on any atom is -0.481 e. The number of hydrogen-bond donors (Lipinski definition) is 1. The Labute approximate surface area is 96.4 Å². The Bertz CT molecular complexity index is 429. The number of hydrogen-bond acceptors (Lipinski definition) is 3. The molecule has 1 aromatic rings. The molecule has 1 aromatic carbocycles. The van der Waals surface area contributed by atoms with Crippen LogP contribution in [0.25, 0.3) is 0 Å². The fourth-order valence-corrected chi connectivity index (χ4v) is 1.21. The van der Waals surface area contributed by atoms with E-state index in [-0.39, 0.29) is 22.8 Å². The minimum absolute atomic E-state index is 0.0164. The summed E-state index contributed by atoms with van der Waals surface area (Å²) in [5, 5.41) is 0. The molecule has 0 heterocycles. The van der Waals surface area contributed by atoms with Crippen LogP contribution in [0.2, 0.25) is 0 Å². The lowest BCUT2D eigenvalue weighted by Crippen LogP contribution is -2.31. The maximum absolute atomic E-state index is 12.2. The van der Waals surface area contributed by atoms with E-state index in [2.05, 4.69) is 4.74 Å². The van der Waals surface area contributed by atoms with Crippen LogP contribution in [0.15, 0.2) is 18.2 Å². The van der Waals surface area contributed by atoms with Crippen LogP contribution in [-0.2, 0) is 0 Å². The highest BCUT2D eigenvalue weighted by Crippen LogP contribution is 2.27. The van der Waals surface area contributed by atoms with E-state index in [1.54, 1.807) is 0 Å². The van der Waals surface area contributed by atoms with Crippen LogP contribution < -0.4 is 10.5 Å². The van der Waals surface area contributed by atoms with Crippen molar-refractivity contribution in [3.8, 4) is 5.75 Å². The fraction of sp³-hybridized carbons (Fsp3) is 0.364. The van der Waals surface area contributed by atoms with Crippen LogP contribution in [0, 0.1) is 0 Å². The Balaban J connectivity index is 2.88. The van der Waals surface area contributed by atoms with Crippen molar-refractivity contribution in [2.45, 2.75) is 26.1 Å². The number of ketones is 1. The zero-order valence-corrected chi connectivity index (χ0v) is 9.34. The number of nitrogen functional groups attached to an aromatic ring is 1. The van der Waals surface area contributed by atoms with Crippen molar-refractivity contribution in [2.24, 2.45) is 0 Å². The van der Waals surface area contributed by atoms with Gasteiger partial charge in [-0.1, -0.05) is 0 Å². The molecule has 0 aliphatic carbocycles. The molecule has 3 nitrogen and oxygen atoms in total. The number of halogens is 3. The first-order valence-electron chi connectivity index (χ1n) is 4.85. The number of ether oxygens (including phenoxy) is 1. The maximum Gasteiger partial charge on any atom is 0.425 e. The Kier molecular flexibility index (Phi) is 3.65. The van der Waals surface area contributed by atoms with Crippen LogP contribution >= 0.6 is 0 Å². The summed E-state index contributed by atoms with van der Waals surface area (Å²) < 4.78 is 41.4. The normalized spacial score (nSPS) is 13.2. The third-order valence-corrected chi connectivity index (χ3v) is 2.18. The van der Waals surface area contributed by atoms with Crippen molar-refractivity contribution in [1.29, 1.82) is 0 Å². The number of nitrogens with two attached hydrogens (primary N) is 1. The van der Waals surface area contributed by atoms with Crippen molar-refractivity contribution in [1.82, 2.24) is 0 Å². The smallest absolute Gasteiger partial charge is 0.425 e. The molecule has 1 atom stereocenters. The van der Waals surface area contributed by atoms with Gasteiger partial charge in [0.05, 0.1) is 0 Å². The lowest BCUT2D eigenvalue weighted by Gasteiger charge is -2.18. The first-order valence-corrected chi connectivity index (χ1v) is 4.85. The lowest BCUT2D eigenvalue weighted by molar-refractivity contribution is -0.189. The van der Waals surface area contributed by atoms with E-state index in [9.17, 15) is 18.0 Å². The zero-order valence-electron chi connectivity index (χ0n) is 9.34. The fourth-order valence-electron chi connectivity index (χ4n) is 1.21. The van der Waals surface area contributed by atoms with Crippen molar-refractivity contribution >= 4 is 11.5 Å². The van der Waals surface area contributed by atoms with E-state index in [0.29, 0.717) is 0 Å². The molecule has 0 amide bonds. The molecule has 1 unspecified atom stereocenters. The van der Waals surface area contributed by atoms with Gasteiger partial charge in [0.2, 0.25) is 0 Å². The van der Waals surface area contributed by atoms with E-state index in [1.807, 2.05) is 0 Å². The SMILES string of the molecule is CC(=O)c1ccc(OC(C)C(F)(F)F)cc1N. The molecule has 0 aromatic heterocycles. The Morgan fingerprint density at radius 1 is 1.41 bits per heavy atom. The van der Waals surface area contributed by atoms with Gasteiger partial charge in [0.25, 0.3) is 0 Å². The first-order chi connectivity index (χ1) is 7.71. The molecule has 2 N–H and O–H groups in total. The Morgan fingerprint density at radius 2 is 2.00 bits per heavy atom. The van der Waals surface area contributed by atoms with Gasteiger partial charge >= 0.3 is 6.18 Å². The highest BCUT2D eigenvalue weighted by atomic mass is 19.4. The molecule has 17 heavy (non-hydrogen) atoms. The van der Waals surface area contributed by atoms with Crippen LogP contribution in [0.1, 0.15) is 24.2 Å². The summed E-state index contributed by atoms with van der Waals surface area (Å²) >= 11 is 0. The molecule has 6 heteroatoms. The van der Waals surface area contributed by atoms with Gasteiger partial charge in [0, 0.05) is 17.3 Å². The van der Waals surface area contributed by atoms with Crippen LogP contribution in [0.4, 0.5) is 18.9 Å². The Morgan fingerprint density at radius 3 is 2.41 bits per heavy atom. The number of anilines is 1. The molecular formula is C11H12F3NO2. The first kappa shape index (κ1) is 13.3. The molecule has 0 spiro atoms. The molecule has 0 radical (unpaired) electrons. The van der Waals surface area contributed by atoms with Crippen molar-refractivity contribution in [2.75, 3.05) is 5.73 Å². The summed E-state index contributed by atoms with van der Waals surface area (Å²) in [7, 11) is 0. The average molecular weight is 247 g/mol. The van der Waals surface area contributed by atoms with E-state index in [1.165, 1.54) is 25.1 Å². The standard InChI is InChI=1S/C11H12F3NO2/c1-6(16)9-4-3-8(5-10(9)15)17-7(2)11(12,13)14/h3-5,7H,15H2,1-2H3. The highest BCUT2D eigenvalue weighted by molar-refractivity contribution is 5.99. The number of alkyl halides is 3. The minimum atomic E-state index is -4.44.